The van der Waals surface area contributed by atoms with E-state index < -0.39 is 0 Å². The molecular formula is C17H28N2O3. The standard InChI is InChI=1S/C17H28N2O3/c1-2-14-22-17(21)19-12-10-18(11-13-19)16(20)9-8-15-6-4-3-5-7-15/h2,15H,1,3-14H2. The largest absolute Gasteiger partial charge is 0.445 e. The molecule has 5 heteroatoms. The molecule has 0 N–H and O–H groups in total. The van der Waals surface area contributed by atoms with Crippen LogP contribution in [0.5, 0.6) is 0 Å². The van der Waals surface area contributed by atoms with E-state index in [1.54, 1.807) is 11.0 Å². The van der Waals surface area contributed by atoms with Crippen LogP contribution < -0.4 is 0 Å². The quantitative estimate of drug-likeness (QED) is 0.734. The molecule has 1 aliphatic carbocycles. The van der Waals surface area contributed by atoms with E-state index in [-0.39, 0.29) is 18.6 Å². The van der Waals surface area contributed by atoms with Crippen molar-refractivity contribution in [1.29, 1.82) is 0 Å². The minimum atomic E-state index is -0.311. The molecule has 124 valence electrons. The first-order valence-corrected chi connectivity index (χ1v) is 8.51. The van der Waals surface area contributed by atoms with E-state index in [9.17, 15) is 9.59 Å². The van der Waals surface area contributed by atoms with Crippen LogP contribution in [0.25, 0.3) is 0 Å². The lowest BCUT2D eigenvalue weighted by atomic mass is 9.86. The molecule has 1 aliphatic heterocycles. The first-order valence-electron chi connectivity index (χ1n) is 8.51. The van der Waals surface area contributed by atoms with Crippen molar-refractivity contribution in [2.45, 2.75) is 44.9 Å². The Balaban J connectivity index is 1.66. The van der Waals surface area contributed by atoms with Crippen LogP contribution in [0.2, 0.25) is 0 Å². The lowest BCUT2D eigenvalue weighted by molar-refractivity contribution is -0.133. The molecule has 0 unspecified atom stereocenters. The second-order valence-electron chi connectivity index (χ2n) is 6.28. The van der Waals surface area contributed by atoms with Gasteiger partial charge in [-0.15, -0.1) is 0 Å². The zero-order valence-corrected chi connectivity index (χ0v) is 13.5. The van der Waals surface area contributed by atoms with Crippen LogP contribution in [0.15, 0.2) is 12.7 Å². The molecule has 2 amide bonds. The van der Waals surface area contributed by atoms with Gasteiger partial charge in [0.25, 0.3) is 0 Å². The third-order valence-electron chi connectivity index (χ3n) is 4.71. The molecule has 5 nitrogen and oxygen atoms in total. The van der Waals surface area contributed by atoms with Gasteiger partial charge in [-0.3, -0.25) is 4.79 Å². The second kappa shape index (κ2) is 8.81. The maximum Gasteiger partial charge on any atom is 0.410 e. The van der Waals surface area contributed by atoms with Crippen molar-refractivity contribution < 1.29 is 14.3 Å². The first kappa shape index (κ1) is 16.8. The fourth-order valence-corrected chi connectivity index (χ4v) is 3.32. The number of hydrogen-bond donors (Lipinski definition) is 0. The summed E-state index contributed by atoms with van der Waals surface area (Å²) in [6, 6.07) is 0. The summed E-state index contributed by atoms with van der Waals surface area (Å²) in [5.41, 5.74) is 0. The van der Waals surface area contributed by atoms with Crippen molar-refractivity contribution in [3.05, 3.63) is 12.7 Å². The highest BCUT2D eigenvalue weighted by molar-refractivity contribution is 5.76. The molecule has 22 heavy (non-hydrogen) atoms. The van der Waals surface area contributed by atoms with Crippen LogP contribution >= 0.6 is 0 Å². The van der Waals surface area contributed by atoms with E-state index >= 15 is 0 Å². The van der Waals surface area contributed by atoms with Crippen LogP contribution in [0.1, 0.15) is 44.9 Å². The molecule has 0 radical (unpaired) electrons. The fourth-order valence-electron chi connectivity index (χ4n) is 3.32. The number of hydrogen-bond acceptors (Lipinski definition) is 3. The van der Waals surface area contributed by atoms with Gasteiger partial charge in [-0.05, 0) is 12.3 Å². The van der Waals surface area contributed by atoms with Gasteiger partial charge in [-0.25, -0.2) is 4.79 Å². The first-order chi connectivity index (χ1) is 10.7. The summed E-state index contributed by atoms with van der Waals surface area (Å²) in [6.45, 7) is 6.12. The monoisotopic (exact) mass is 308 g/mol. The number of rotatable bonds is 5. The number of carbonyl (C=O) groups excluding carboxylic acids is 2. The van der Waals surface area contributed by atoms with Gasteiger partial charge in [-0.2, -0.15) is 0 Å². The number of nitrogens with zero attached hydrogens (tertiary/aromatic N) is 2. The Morgan fingerprint density at radius 2 is 1.68 bits per heavy atom. The molecule has 2 rings (SSSR count). The molecule has 0 aromatic rings. The van der Waals surface area contributed by atoms with Gasteiger partial charge < -0.3 is 14.5 Å². The Hall–Kier alpha value is -1.52. The predicted octanol–water partition coefficient (Wildman–Crippen LogP) is 2.81. The topological polar surface area (TPSA) is 49.9 Å². The van der Waals surface area contributed by atoms with Crippen molar-refractivity contribution in [2.24, 2.45) is 5.92 Å². The smallest absolute Gasteiger partial charge is 0.410 e. The Bertz CT molecular complexity index is 383. The molecule has 1 heterocycles. The van der Waals surface area contributed by atoms with Crippen LogP contribution in [0, 0.1) is 5.92 Å². The maximum absolute atomic E-state index is 12.3. The van der Waals surface area contributed by atoms with Gasteiger partial charge >= 0.3 is 6.09 Å². The lowest BCUT2D eigenvalue weighted by Gasteiger charge is -2.34. The molecule has 0 atom stereocenters. The van der Waals surface area contributed by atoms with Gasteiger partial charge in [0.15, 0.2) is 0 Å². The van der Waals surface area contributed by atoms with E-state index in [0.29, 0.717) is 32.6 Å². The summed E-state index contributed by atoms with van der Waals surface area (Å²) in [5.74, 6) is 0.984. The highest BCUT2D eigenvalue weighted by Gasteiger charge is 2.25. The van der Waals surface area contributed by atoms with E-state index in [1.807, 2.05) is 4.90 Å². The highest BCUT2D eigenvalue weighted by atomic mass is 16.6. The summed E-state index contributed by atoms with van der Waals surface area (Å²) in [5, 5.41) is 0. The van der Waals surface area contributed by atoms with Gasteiger partial charge in [0.2, 0.25) is 5.91 Å². The van der Waals surface area contributed by atoms with Crippen LogP contribution in [0.3, 0.4) is 0 Å². The Labute approximate surface area is 133 Å². The number of ether oxygens (including phenoxy) is 1. The van der Waals surface area contributed by atoms with Crippen molar-refractivity contribution in [3.8, 4) is 0 Å². The lowest BCUT2D eigenvalue weighted by Crippen LogP contribution is -2.50. The average molecular weight is 308 g/mol. The Morgan fingerprint density at radius 3 is 2.32 bits per heavy atom. The second-order valence-corrected chi connectivity index (χ2v) is 6.28. The van der Waals surface area contributed by atoms with Gasteiger partial charge in [0.05, 0.1) is 0 Å². The third kappa shape index (κ3) is 5.04. The van der Waals surface area contributed by atoms with Crippen molar-refractivity contribution in [2.75, 3.05) is 32.8 Å². The van der Waals surface area contributed by atoms with E-state index in [2.05, 4.69) is 6.58 Å². The molecular weight excluding hydrogens is 280 g/mol. The van der Waals surface area contributed by atoms with Crippen LogP contribution in [0.4, 0.5) is 4.79 Å². The Morgan fingerprint density at radius 1 is 1.05 bits per heavy atom. The SMILES string of the molecule is C=CCOC(=O)N1CCN(C(=O)CCC2CCCCC2)CC1. The molecule has 0 aromatic heterocycles. The van der Waals surface area contributed by atoms with Gasteiger partial charge in [0, 0.05) is 32.6 Å². The van der Waals surface area contributed by atoms with Gasteiger partial charge in [-0.1, -0.05) is 44.8 Å². The molecule has 1 saturated heterocycles. The van der Waals surface area contributed by atoms with E-state index in [0.717, 1.165) is 12.3 Å². The van der Waals surface area contributed by atoms with Crippen molar-refractivity contribution >= 4 is 12.0 Å². The number of carbonyl (C=O) groups is 2. The average Bonchev–Trinajstić information content (AvgIpc) is 2.58. The zero-order chi connectivity index (χ0) is 15.8. The maximum atomic E-state index is 12.3. The van der Waals surface area contributed by atoms with E-state index in [1.165, 1.54) is 32.1 Å². The fraction of sp³-hybridized carbons (Fsp3) is 0.765. The predicted molar refractivity (Wildman–Crippen MR) is 85.5 cm³/mol. The van der Waals surface area contributed by atoms with Crippen molar-refractivity contribution in [1.82, 2.24) is 9.80 Å². The molecule has 2 aliphatic rings. The molecule has 0 spiro atoms. The summed E-state index contributed by atoms with van der Waals surface area (Å²) >= 11 is 0. The minimum Gasteiger partial charge on any atom is -0.445 e. The van der Waals surface area contributed by atoms with Gasteiger partial charge in [0.1, 0.15) is 6.61 Å². The molecule has 1 saturated carbocycles. The summed E-state index contributed by atoms with van der Waals surface area (Å²) < 4.78 is 5.02. The molecule has 0 aromatic carbocycles. The Kier molecular flexibility index (Phi) is 6.74. The van der Waals surface area contributed by atoms with Crippen LogP contribution in [-0.4, -0.2) is 54.6 Å². The van der Waals surface area contributed by atoms with E-state index in [4.69, 9.17) is 4.74 Å². The van der Waals surface area contributed by atoms with Crippen LogP contribution in [-0.2, 0) is 9.53 Å². The minimum absolute atomic E-state index is 0.235. The highest BCUT2D eigenvalue weighted by Crippen LogP contribution is 2.27. The zero-order valence-electron chi connectivity index (χ0n) is 13.5. The summed E-state index contributed by atoms with van der Waals surface area (Å²) in [6.07, 6.45) is 9.51. The number of piperazine rings is 1. The third-order valence-corrected chi connectivity index (χ3v) is 4.71. The molecule has 2 fully saturated rings. The summed E-state index contributed by atoms with van der Waals surface area (Å²) in [7, 11) is 0. The normalized spacial score (nSPS) is 19.8. The van der Waals surface area contributed by atoms with Crippen molar-refractivity contribution in [3.63, 3.8) is 0 Å². The number of amides is 2. The summed E-state index contributed by atoms with van der Waals surface area (Å²) in [4.78, 5) is 27.5. The molecule has 0 bridgehead atoms.